The van der Waals surface area contributed by atoms with E-state index in [4.69, 9.17) is 4.74 Å². The fourth-order valence-electron chi connectivity index (χ4n) is 2.52. The number of carbonyl (C=O) groups excluding carboxylic acids is 4. The highest BCUT2D eigenvalue weighted by molar-refractivity contribution is 5.85. The van der Waals surface area contributed by atoms with Gasteiger partial charge in [0.1, 0.15) is 12.6 Å². The van der Waals surface area contributed by atoms with Crippen LogP contribution in [0.15, 0.2) is 30.3 Å². The maximum atomic E-state index is 12.1. The number of esters is 2. The topological polar surface area (TPSA) is 140 Å². The molecule has 1 aromatic carbocycles. The van der Waals surface area contributed by atoms with Crippen molar-refractivity contribution in [2.75, 3.05) is 20.8 Å². The maximum Gasteiger partial charge on any atom is 0.407 e. The number of aliphatic hydroxyl groups excluding tert-OH is 1. The predicted octanol–water partition coefficient (Wildman–Crippen LogP) is 0.521. The van der Waals surface area contributed by atoms with Gasteiger partial charge in [-0.2, -0.15) is 0 Å². The second kappa shape index (κ2) is 13.2. The summed E-state index contributed by atoms with van der Waals surface area (Å²) in [6, 6.07) is 7.98. The third-order valence-electron chi connectivity index (χ3n) is 4.13. The minimum Gasteiger partial charge on any atom is -0.469 e. The van der Waals surface area contributed by atoms with Crippen molar-refractivity contribution in [1.82, 2.24) is 10.6 Å². The highest BCUT2D eigenvalue weighted by Crippen LogP contribution is 2.10. The number of alkyl carbamates (subject to hydrolysis) is 1. The van der Waals surface area contributed by atoms with Crippen LogP contribution in [0, 0.1) is 5.92 Å². The van der Waals surface area contributed by atoms with Crippen LogP contribution in [0.25, 0.3) is 0 Å². The molecule has 3 N–H and O–H groups in total. The van der Waals surface area contributed by atoms with E-state index in [2.05, 4.69) is 20.1 Å². The molecule has 3 atom stereocenters. The molecule has 0 heterocycles. The van der Waals surface area contributed by atoms with Crippen LogP contribution in [0.5, 0.6) is 0 Å². The first-order chi connectivity index (χ1) is 14.3. The first kappa shape index (κ1) is 24.9. The molecular weight excluding hydrogens is 396 g/mol. The molecule has 0 aliphatic carbocycles. The minimum atomic E-state index is -1.20. The SMILES string of the molecule is COC(=O)[C@H](C)C[C@H](NC(=O)C[C@@H](O)CNC(=O)OCc1ccccc1)C(=O)OC. The van der Waals surface area contributed by atoms with Gasteiger partial charge in [-0.25, -0.2) is 9.59 Å². The molecule has 30 heavy (non-hydrogen) atoms. The van der Waals surface area contributed by atoms with E-state index in [9.17, 15) is 24.3 Å². The number of methoxy groups -OCH3 is 2. The number of amides is 2. The summed E-state index contributed by atoms with van der Waals surface area (Å²) in [6.07, 6.45) is -2.34. The smallest absolute Gasteiger partial charge is 0.407 e. The molecule has 0 bridgehead atoms. The molecule has 0 aromatic heterocycles. The van der Waals surface area contributed by atoms with Gasteiger partial charge in [-0.15, -0.1) is 0 Å². The summed E-state index contributed by atoms with van der Waals surface area (Å²) in [6.45, 7) is 1.40. The molecule has 0 spiro atoms. The fraction of sp³-hybridized carbons (Fsp3) is 0.500. The highest BCUT2D eigenvalue weighted by atomic mass is 16.5. The van der Waals surface area contributed by atoms with E-state index in [0.29, 0.717) is 0 Å². The Morgan fingerprint density at radius 2 is 1.67 bits per heavy atom. The molecule has 10 nitrogen and oxygen atoms in total. The van der Waals surface area contributed by atoms with Gasteiger partial charge < -0.3 is 30.0 Å². The van der Waals surface area contributed by atoms with Gasteiger partial charge in [-0.1, -0.05) is 37.3 Å². The van der Waals surface area contributed by atoms with Gasteiger partial charge in [0.05, 0.1) is 32.7 Å². The van der Waals surface area contributed by atoms with E-state index >= 15 is 0 Å². The Kier molecular flexibility index (Phi) is 10.9. The molecule has 1 rings (SSSR count). The van der Waals surface area contributed by atoms with Crippen LogP contribution in [0.4, 0.5) is 4.79 Å². The van der Waals surface area contributed by atoms with Crippen molar-refractivity contribution in [2.24, 2.45) is 5.92 Å². The van der Waals surface area contributed by atoms with Gasteiger partial charge in [0.25, 0.3) is 0 Å². The standard InChI is InChI=1S/C20H28N2O8/c1-13(18(25)28-2)9-16(19(26)29-3)22-17(24)10-15(23)11-21-20(27)30-12-14-7-5-4-6-8-14/h4-8,13,15-16,23H,9-12H2,1-3H3,(H,21,27)(H,22,24)/t13-,15-,16+/m1/s1. The Hall–Kier alpha value is -3.14. The van der Waals surface area contributed by atoms with Crippen LogP contribution in [-0.2, 0) is 35.2 Å². The summed E-state index contributed by atoms with van der Waals surface area (Å²) in [7, 11) is 2.38. The number of benzene rings is 1. The van der Waals surface area contributed by atoms with Gasteiger partial charge in [-0.3, -0.25) is 9.59 Å². The Balaban J connectivity index is 2.42. The largest absolute Gasteiger partial charge is 0.469 e. The molecule has 0 aliphatic heterocycles. The van der Waals surface area contributed by atoms with Crippen molar-refractivity contribution in [2.45, 2.75) is 38.5 Å². The second-order valence-corrected chi connectivity index (χ2v) is 6.60. The molecule has 1 aromatic rings. The van der Waals surface area contributed by atoms with Crippen LogP contribution < -0.4 is 10.6 Å². The second-order valence-electron chi connectivity index (χ2n) is 6.60. The van der Waals surface area contributed by atoms with E-state index in [1.54, 1.807) is 19.1 Å². The van der Waals surface area contributed by atoms with Gasteiger partial charge in [0.2, 0.25) is 5.91 Å². The lowest BCUT2D eigenvalue weighted by molar-refractivity contribution is -0.149. The summed E-state index contributed by atoms with van der Waals surface area (Å²) in [5.74, 6) is -2.55. The average molecular weight is 424 g/mol. The normalized spacial score (nSPS) is 13.3. The molecule has 0 aliphatic rings. The molecule has 0 saturated carbocycles. The van der Waals surface area contributed by atoms with Gasteiger partial charge in [0.15, 0.2) is 0 Å². The Morgan fingerprint density at radius 3 is 2.27 bits per heavy atom. The van der Waals surface area contributed by atoms with Crippen molar-refractivity contribution in [3.8, 4) is 0 Å². The average Bonchev–Trinajstić information content (AvgIpc) is 2.75. The summed E-state index contributed by atoms with van der Waals surface area (Å²) in [5.41, 5.74) is 0.808. The Labute approximate surface area is 174 Å². The molecule has 0 fully saturated rings. The monoisotopic (exact) mass is 424 g/mol. The third kappa shape index (κ3) is 9.37. The van der Waals surface area contributed by atoms with E-state index in [0.717, 1.165) is 12.7 Å². The fourth-order valence-corrected chi connectivity index (χ4v) is 2.52. The zero-order valence-corrected chi connectivity index (χ0v) is 17.3. The lowest BCUT2D eigenvalue weighted by atomic mass is 10.0. The molecule has 10 heteroatoms. The van der Waals surface area contributed by atoms with E-state index in [1.165, 1.54) is 7.11 Å². The van der Waals surface area contributed by atoms with Gasteiger partial charge in [0, 0.05) is 6.54 Å². The zero-order chi connectivity index (χ0) is 22.5. The number of hydrogen-bond acceptors (Lipinski definition) is 8. The van der Waals surface area contributed by atoms with E-state index < -0.39 is 42.0 Å². The van der Waals surface area contributed by atoms with Gasteiger partial charge in [-0.05, 0) is 12.0 Å². The summed E-state index contributed by atoms with van der Waals surface area (Å²) >= 11 is 0. The van der Waals surface area contributed by atoms with Gasteiger partial charge >= 0.3 is 18.0 Å². The number of ether oxygens (including phenoxy) is 3. The molecule has 0 unspecified atom stereocenters. The predicted molar refractivity (Wildman–Crippen MR) is 105 cm³/mol. The molecule has 2 amide bonds. The van der Waals surface area contributed by atoms with Crippen molar-refractivity contribution in [3.63, 3.8) is 0 Å². The van der Waals surface area contributed by atoms with Crippen molar-refractivity contribution in [1.29, 1.82) is 0 Å². The number of nitrogens with one attached hydrogen (secondary N) is 2. The minimum absolute atomic E-state index is 0.0226. The number of hydrogen-bond donors (Lipinski definition) is 3. The summed E-state index contributed by atoms with van der Waals surface area (Å²) < 4.78 is 14.2. The van der Waals surface area contributed by atoms with Crippen molar-refractivity contribution in [3.05, 3.63) is 35.9 Å². The van der Waals surface area contributed by atoms with Crippen LogP contribution in [0.1, 0.15) is 25.3 Å². The number of rotatable bonds is 11. The molecule has 0 saturated heterocycles. The van der Waals surface area contributed by atoms with Crippen LogP contribution in [0.3, 0.4) is 0 Å². The van der Waals surface area contributed by atoms with Crippen LogP contribution in [-0.4, -0.2) is 62.0 Å². The first-order valence-electron chi connectivity index (χ1n) is 9.34. The Bertz CT molecular complexity index is 710. The zero-order valence-electron chi connectivity index (χ0n) is 17.3. The lowest BCUT2D eigenvalue weighted by Gasteiger charge is -2.20. The van der Waals surface area contributed by atoms with Crippen molar-refractivity contribution >= 4 is 23.9 Å². The highest BCUT2D eigenvalue weighted by Gasteiger charge is 2.27. The molecular formula is C20H28N2O8. The molecule has 166 valence electrons. The maximum absolute atomic E-state index is 12.1. The first-order valence-corrected chi connectivity index (χ1v) is 9.34. The quantitative estimate of drug-likeness (QED) is 0.345. The molecule has 0 radical (unpaired) electrons. The lowest BCUT2D eigenvalue weighted by Crippen LogP contribution is -2.45. The number of carbonyl (C=O) groups is 4. The van der Waals surface area contributed by atoms with Crippen LogP contribution >= 0.6 is 0 Å². The van der Waals surface area contributed by atoms with Crippen molar-refractivity contribution < 1.29 is 38.5 Å². The number of aliphatic hydroxyl groups is 1. The Morgan fingerprint density at radius 1 is 1.03 bits per heavy atom. The summed E-state index contributed by atoms with van der Waals surface area (Å²) in [5, 5.41) is 14.7. The van der Waals surface area contributed by atoms with Crippen LogP contribution in [0.2, 0.25) is 0 Å². The van der Waals surface area contributed by atoms with E-state index in [1.807, 2.05) is 18.2 Å². The third-order valence-corrected chi connectivity index (χ3v) is 4.13. The summed E-state index contributed by atoms with van der Waals surface area (Å²) in [4.78, 5) is 47.2. The van der Waals surface area contributed by atoms with E-state index in [-0.39, 0.29) is 26.0 Å².